The van der Waals surface area contributed by atoms with Gasteiger partial charge in [0.25, 0.3) is 0 Å². The van der Waals surface area contributed by atoms with Gasteiger partial charge in [0.2, 0.25) is 0 Å². The van der Waals surface area contributed by atoms with Crippen molar-refractivity contribution >= 4 is 21.4 Å². The van der Waals surface area contributed by atoms with E-state index in [1.165, 1.54) is 42.8 Å². The van der Waals surface area contributed by atoms with E-state index in [0.29, 0.717) is 0 Å². The number of thiophene rings is 1. The predicted octanol–water partition coefficient (Wildman–Crippen LogP) is 5.74. The zero-order valence-electron chi connectivity index (χ0n) is 12.9. The zero-order valence-corrected chi connectivity index (χ0v) is 13.7. The van der Waals surface area contributed by atoms with Gasteiger partial charge in [0.05, 0.1) is 0 Å². The fourth-order valence-corrected chi connectivity index (χ4v) is 4.34. The second-order valence-electron chi connectivity index (χ2n) is 6.51. The Bertz CT molecular complexity index is 622. The molecule has 0 bridgehead atoms. The predicted molar refractivity (Wildman–Crippen MR) is 84.2 cm³/mol. The summed E-state index contributed by atoms with van der Waals surface area (Å²) in [6, 6.07) is 0. The molecule has 0 amide bonds. The van der Waals surface area contributed by atoms with Crippen molar-refractivity contribution in [2.75, 3.05) is 0 Å². The van der Waals surface area contributed by atoms with Crippen molar-refractivity contribution in [3.63, 3.8) is 0 Å². The quantitative estimate of drug-likeness (QED) is 0.566. The maximum Gasteiger partial charge on any atom is 0.0383 e. The van der Waals surface area contributed by atoms with Gasteiger partial charge in [0.15, 0.2) is 0 Å². The highest BCUT2D eigenvalue weighted by Gasteiger charge is 2.23. The van der Waals surface area contributed by atoms with Crippen molar-refractivity contribution < 1.29 is 0 Å². The lowest BCUT2D eigenvalue weighted by molar-refractivity contribution is 0.601. The second kappa shape index (κ2) is 4.09. The Morgan fingerprint density at radius 2 is 1.17 bits per heavy atom. The smallest absolute Gasteiger partial charge is 0.0383 e. The third-order valence-corrected chi connectivity index (χ3v) is 6.07. The summed E-state index contributed by atoms with van der Waals surface area (Å²) >= 11 is 1.99. The van der Waals surface area contributed by atoms with Gasteiger partial charge in [-0.25, -0.2) is 0 Å². The molecule has 0 atom stereocenters. The summed E-state index contributed by atoms with van der Waals surface area (Å²) in [7, 11) is 0. The molecule has 0 nitrogen and oxygen atoms in total. The van der Waals surface area contributed by atoms with Gasteiger partial charge in [-0.15, -0.1) is 11.3 Å². The molecule has 1 heteroatoms. The highest BCUT2D eigenvalue weighted by Crippen LogP contribution is 2.43. The van der Waals surface area contributed by atoms with Crippen LogP contribution in [0.5, 0.6) is 0 Å². The minimum atomic E-state index is 0.245. The molecule has 0 saturated heterocycles. The molecule has 98 valence electrons. The van der Waals surface area contributed by atoms with Gasteiger partial charge in [-0.05, 0) is 73.2 Å². The number of fused-ring (bicyclic) bond motifs is 1. The SMILES string of the molecule is Cc1c(C)c(C)c2c(C)c(C(C)(C)C)sc2c1C. The molecular weight excluding hydrogens is 236 g/mol. The lowest BCUT2D eigenvalue weighted by Crippen LogP contribution is -2.09. The normalized spacial score (nSPS) is 12.4. The molecular formula is C17H24S. The average Bonchev–Trinajstić information content (AvgIpc) is 2.61. The lowest BCUT2D eigenvalue weighted by Gasteiger charge is -2.17. The molecule has 0 fully saturated rings. The van der Waals surface area contributed by atoms with E-state index in [9.17, 15) is 0 Å². The molecule has 0 aliphatic heterocycles. The standard InChI is InChI=1S/C17H24S/c1-9-10(2)12(4)15-14(11(9)3)13(5)16(18-15)17(6,7)8/h1-8H3. The first-order chi connectivity index (χ1) is 8.16. The second-order valence-corrected chi connectivity index (χ2v) is 7.53. The van der Waals surface area contributed by atoms with Gasteiger partial charge in [-0.1, -0.05) is 20.8 Å². The minimum Gasteiger partial charge on any atom is -0.139 e. The van der Waals surface area contributed by atoms with Crippen LogP contribution in [0.2, 0.25) is 0 Å². The van der Waals surface area contributed by atoms with Gasteiger partial charge >= 0.3 is 0 Å². The summed E-state index contributed by atoms with van der Waals surface area (Å²) in [5.41, 5.74) is 7.59. The van der Waals surface area contributed by atoms with E-state index >= 15 is 0 Å². The van der Waals surface area contributed by atoms with Crippen LogP contribution in [0, 0.1) is 34.6 Å². The summed E-state index contributed by atoms with van der Waals surface area (Å²) in [5.74, 6) is 0. The molecule has 18 heavy (non-hydrogen) atoms. The van der Waals surface area contributed by atoms with Crippen LogP contribution in [0.3, 0.4) is 0 Å². The molecule has 1 aromatic carbocycles. The van der Waals surface area contributed by atoms with Crippen molar-refractivity contribution in [3.8, 4) is 0 Å². The van der Waals surface area contributed by atoms with Crippen LogP contribution in [0.15, 0.2) is 0 Å². The fourth-order valence-electron chi connectivity index (χ4n) is 2.86. The molecule has 1 aromatic heterocycles. The summed E-state index contributed by atoms with van der Waals surface area (Å²) in [4.78, 5) is 1.54. The molecule has 0 radical (unpaired) electrons. The Balaban J connectivity index is 2.98. The Kier molecular flexibility index (Phi) is 3.09. The number of rotatable bonds is 0. The molecule has 2 aromatic rings. The first-order valence-corrected chi connectivity index (χ1v) is 7.47. The Morgan fingerprint density at radius 1 is 0.667 bits per heavy atom. The highest BCUT2D eigenvalue weighted by atomic mass is 32.1. The van der Waals surface area contributed by atoms with E-state index in [4.69, 9.17) is 0 Å². The van der Waals surface area contributed by atoms with Crippen molar-refractivity contribution in [2.45, 2.75) is 60.8 Å². The molecule has 1 heterocycles. The molecule has 0 spiro atoms. The number of hydrogen-bond acceptors (Lipinski definition) is 1. The zero-order chi connectivity index (χ0) is 13.8. The number of aryl methyl sites for hydroxylation is 3. The number of hydrogen-bond donors (Lipinski definition) is 0. The molecule has 0 aliphatic rings. The van der Waals surface area contributed by atoms with Crippen LogP contribution in [0.4, 0.5) is 0 Å². The highest BCUT2D eigenvalue weighted by molar-refractivity contribution is 7.19. The lowest BCUT2D eigenvalue weighted by atomic mass is 9.88. The fraction of sp³-hybridized carbons (Fsp3) is 0.529. The topological polar surface area (TPSA) is 0 Å². The Morgan fingerprint density at radius 3 is 1.67 bits per heavy atom. The molecule has 0 saturated carbocycles. The van der Waals surface area contributed by atoms with Crippen LogP contribution in [-0.2, 0) is 5.41 Å². The van der Waals surface area contributed by atoms with E-state index < -0.39 is 0 Å². The van der Waals surface area contributed by atoms with E-state index in [1.807, 2.05) is 11.3 Å². The van der Waals surface area contributed by atoms with E-state index in [2.05, 4.69) is 55.4 Å². The summed E-state index contributed by atoms with van der Waals surface area (Å²) in [5, 5.41) is 1.51. The summed E-state index contributed by atoms with van der Waals surface area (Å²) in [6.07, 6.45) is 0. The van der Waals surface area contributed by atoms with Crippen LogP contribution >= 0.6 is 11.3 Å². The van der Waals surface area contributed by atoms with Gasteiger partial charge in [-0.2, -0.15) is 0 Å². The minimum absolute atomic E-state index is 0.245. The van der Waals surface area contributed by atoms with E-state index in [1.54, 1.807) is 0 Å². The van der Waals surface area contributed by atoms with Gasteiger partial charge in [0, 0.05) is 9.58 Å². The number of benzene rings is 1. The molecule has 0 N–H and O–H groups in total. The van der Waals surface area contributed by atoms with Gasteiger partial charge in [0.1, 0.15) is 0 Å². The van der Waals surface area contributed by atoms with Crippen molar-refractivity contribution in [1.29, 1.82) is 0 Å². The van der Waals surface area contributed by atoms with Crippen LogP contribution < -0.4 is 0 Å². The van der Waals surface area contributed by atoms with Crippen molar-refractivity contribution in [2.24, 2.45) is 0 Å². The summed E-state index contributed by atoms with van der Waals surface area (Å²) < 4.78 is 1.50. The first-order valence-electron chi connectivity index (χ1n) is 6.66. The average molecular weight is 260 g/mol. The summed E-state index contributed by atoms with van der Waals surface area (Å²) in [6.45, 7) is 18.3. The van der Waals surface area contributed by atoms with Crippen LogP contribution in [-0.4, -0.2) is 0 Å². The maximum atomic E-state index is 2.31. The van der Waals surface area contributed by atoms with Gasteiger partial charge < -0.3 is 0 Å². The van der Waals surface area contributed by atoms with Gasteiger partial charge in [-0.3, -0.25) is 0 Å². The monoisotopic (exact) mass is 260 g/mol. The van der Waals surface area contributed by atoms with Crippen LogP contribution in [0.25, 0.3) is 10.1 Å². The molecule has 0 unspecified atom stereocenters. The Hall–Kier alpha value is -0.820. The molecule has 0 aliphatic carbocycles. The largest absolute Gasteiger partial charge is 0.139 e. The Labute approximate surface area is 115 Å². The van der Waals surface area contributed by atoms with Crippen LogP contribution in [0.1, 0.15) is 53.5 Å². The van der Waals surface area contributed by atoms with Crippen molar-refractivity contribution in [3.05, 3.63) is 32.7 Å². The third-order valence-electron chi connectivity index (χ3n) is 4.23. The van der Waals surface area contributed by atoms with Crippen molar-refractivity contribution in [1.82, 2.24) is 0 Å². The maximum absolute atomic E-state index is 2.31. The first kappa shape index (κ1) is 13.6. The molecule has 2 rings (SSSR count). The van der Waals surface area contributed by atoms with E-state index in [0.717, 1.165) is 0 Å². The third kappa shape index (κ3) is 1.80. The van der Waals surface area contributed by atoms with E-state index in [-0.39, 0.29) is 5.41 Å².